The first-order valence-corrected chi connectivity index (χ1v) is 27.4. The lowest BCUT2D eigenvalue weighted by Crippen LogP contribution is -2.33. The molecule has 9 nitrogen and oxygen atoms in total. The van der Waals surface area contributed by atoms with Gasteiger partial charge in [0.25, 0.3) is 0 Å². The topological polar surface area (TPSA) is 130 Å². The van der Waals surface area contributed by atoms with E-state index in [1.165, 1.54) is 26.2 Å². The quantitative estimate of drug-likeness (QED) is 0.105. The molecule has 0 bridgehead atoms. The fourth-order valence-corrected chi connectivity index (χ4v) is 11.5. The van der Waals surface area contributed by atoms with E-state index in [1.54, 1.807) is 66.7 Å². The molecule has 4 aliphatic rings. The first-order valence-electron chi connectivity index (χ1n) is 25.9. The van der Waals surface area contributed by atoms with Crippen LogP contribution in [0.15, 0.2) is 149 Å². The highest BCUT2D eigenvalue weighted by Gasteiger charge is 2.43. The van der Waals surface area contributed by atoms with Crippen molar-refractivity contribution >= 4 is 91.1 Å². The zero-order chi connectivity index (χ0) is 55.0. The molecule has 0 atom stereocenters. The Hall–Kier alpha value is -6.20. The molecule has 76 heavy (non-hydrogen) atoms. The third-order valence-corrected chi connectivity index (χ3v) is 15.4. The average molecular weight is 1130 g/mol. The van der Waals surface area contributed by atoms with E-state index < -0.39 is 11.9 Å². The highest BCUT2D eigenvalue weighted by atomic mass is 79.9. The maximum Gasteiger partial charge on any atom is 0.343 e. The molecule has 1 spiro atoms. The molecule has 0 radical (unpaired) electrons. The number of hydrogen-bond acceptors (Lipinski definition) is 9. The lowest BCUT2D eigenvalue weighted by Gasteiger charge is -2.41. The number of rotatable bonds is 9. The van der Waals surface area contributed by atoms with Gasteiger partial charge < -0.3 is 14.2 Å². The van der Waals surface area contributed by atoms with Crippen molar-refractivity contribution in [3.05, 3.63) is 193 Å². The van der Waals surface area contributed by atoms with Crippen LogP contribution in [0, 0.1) is 16.2 Å². The summed E-state index contributed by atoms with van der Waals surface area (Å²) in [6.45, 7) is 13.7. The minimum absolute atomic E-state index is 0.00358. The van der Waals surface area contributed by atoms with E-state index in [0.717, 1.165) is 34.0 Å². The molecule has 1 fully saturated rings. The van der Waals surface area contributed by atoms with Crippen molar-refractivity contribution in [2.24, 2.45) is 16.2 Å². The summed E-state index contributed by atoms with van der Waals surface area (Å²) in [4.78, 5) is 75.6. The molecule has 0 N–H and O–H groups in total. The highest BCUT2D eigenvalue weighted by molar-refractivity contribution is 9.10. The maximum absolute atomic E-state index is 13.2. The third-order valence-electron chi connectivity index (χ3n) is 14.1. The smallest absolute Gasteiger partial charge is 0.343 e. The molecule has 9 rings (SSSR count). The zero-order valence-electron chi connectivity index (χ0n) is 44.3. The average Bonchev–Trinajstić information content (AvgIpc) is 3.37. The van der Waals surface area contributed by atoms with Crippen molar-refractivity contribution in [3.63, 3.8) is 0 Å². The van der Waals surface area contributed by atoms with Gasteiger partial charge in [-0.25, -0.2) is 9.59 Å². The van der Waals surface area contributed by atoms with Gasteiger partial charge in [0, 0.05) is 71.1 Å². The number of Topliss-reactive ketones (excluding diaryl/α,β-unsaturated/α-hetero) is 3. The fraction of sp³-hybridized carbons (Fsp3) is 0.344. The Bertz CT molecular complexity index is 3120. The van der Waals surface area contributed by atoms with Gasteiger partial charge in [0.1, 0.15) is 17.3 Å². The van der Waals surface area contributed by atoms with Gasteiger partial charge in [-0.2, -0.15) is 0 Å². The minimum Gasteiger partial charge on any atom is -0.430 e. The molecule has 0 aromatic heterocycles. The summed E-state index contributed by atoms with van der Waals surface area (Å²) in [5, 5.41) is 1.02. The number of benzene rings is 5. The molecule has 1 saturated carbocycles. The predicted octanol–water partition coefficient (Wildman–Crippen LogP) is 16.8. The van der Waals surface area contributed by atoms with Gasteiger partial charge in [0.2, 0.25) is 0 Å². The summed E-state index contributed by atoms with van der Waals surface area (Å²) in [5.74, 6) is 0.470. The fourth-order valence-electron chi connectivity index (χ4n) is 10.7. The molecule has 5 aromatic rings. The number of carbonyl (C=O) groups is 6. The van der Waals surface area contributed by atoms with E-state index in [1.807, 2.05) is 82.3 Å². The van der Waals surface area contributed by atoms with Crippen LogP contribution in [0.25, 0.3) is 16.7 Å². The van der Waals surface area contributed by atoms with Crippen LogP contribution in [0.4, 0.5) is 0 Å². The van der Waals surface area contributed by atoms with E-state index in [2.05, 4.69) is 35.8 Å². The number of esters is 3. The van der Waals surface area contributed by atoms with Crippen LogP contribution in [0.1, 0.15) is 168 Å². The lowest BCUT2D eigenvalue weighted by molar-refractivity contribution is -0.138. The van der Waals surface area contributed by atoms with E-state index in [4.69, 9.17) is 37.4 Å². The third kappa shape index (κ3) is 14.4. The van der Waals surface area contributed by atoms with E-state index in [0.29, 0.717) is 105 Å². The van der Waals surface area contributed by atoms with Gasteiger partial charge in [0.15, 0.2) is 17.3 Å². The maximum atomic E-state index is 13.2. The Labute approximate surface area is 465 Å². The van der Waals surface area contributed by atoms with Crippen LogP contribution in [0.5, 0.6) is 0 Å². The number of ether oxygens (including phenoxy) is 3. The molecule has 0 saturated heterocycles. The van der Waals surface area contributed by atoms with Crippen molar-refractivity contribution in [2.75, 3.05) is 0 Å². The molecule has 5 aromatic carbocycles. The second-order valence-electron chi connectivity index (χ2n) is 22.1. The monoisotopic (exact) mass is 1130 g/mol. The highest BCUT2D eigenvalue weighted by Crippen LogP contribution is 2.51. The number of carbonyl (C=O) groups excluding carboxylic acids is 6. The van der Waals surface area contributed by atoms with Crippen LogP contribution in [-0.4, -0.2) is 35.3 Å². The SMILES string of the molecule is CC(=O)OC1=C(c2ccccc2C(C)C)C(=O)CC2(CCCCC2)C1.CC1(C)CC(=O)C(c2ccccc2Br)=C(OC(=O)c2ccc(Cl)cc2)C1.CC1(C)CC(=O)C(c2ccccc2Cl)=C(OC(=O)c2ccccc2)C1. The molecule has 0 amide bonds. The largest absolute Gasteiger partial charge is 0.430 e. The molecule has 0 aliphatic heterocycles. The number of ketones is 3. The second kappa shape index (κ2) is 24.9. The predicted molar refractivity (Wildman–Crippen MR) is 303 cm³/mol. The van der Waals surface area contributed by atoms with Gasteiger partial charge >= 0.3 is 17.9 Å². The second-order valence-corrected chi connectivity index (χ2v) is 23.8. The van der Waals surface area contributed by atoms with Crippen LogP contribution >= 0.6 is 39.1 Å². The van der Waals surface area contributed by atoms with Crippen molar-refractivity contribution in [3.8, 4) is 0 Å². The Balaban J connectivity index is 0.000000166. The Kier molecular flexibility index (Phi) is 18.8. The van der Waals surface area contributed by atoms with Crippen LogP contribution in [0.3, 0.4) is 0 Å². The van der Waals surface area contributed by atoms with Crippen molar-refractivity contribution in [1.29, 1.82) is 0 Å². The van der Waals surface area contributed by atoms with Crippen LogP contribution < -0.4 is 0 Å². The molecule has 0 heterocycles. The molecule has 0 unspecified atom stereocenters. The summed E-state index contributed by atoms with van der Waals surface area (Å²) >= 11 is 15.7. The molecule has 396 valence electrons. The van der Waals surface area contributed by atoms with Gasteiger partial charge in [0.05, 0.1) is 27.8 Å². The van der Waals surface area contributed by atoms with Crippen molar-refractivity contribution in [1.82, 2.24) is 0 Å². The van der Waals surface area contributed by atoms with Gasteiger partial charge in [-0.1, -0.05) is 179 Å². The summed E-state index contributed by atoms with van der Waals surface area (Å²) in [7, 11) is 0. The Morgan fingerprint density at radius 2 is 0.947 bits per heavy atom. The molecular weight excluding hydrogens is 1060 g/mol. The lowest BCUT2D eigenvalue weighted by atomic mass is 9.64. The van der Waals surface area contributed by atoms with Crippen molar-refractivity contribution in [2.45, 2.75) is 125 Å². The molecule has 4 aliphatic carbocycles. The number of allylic oxidation sites excluding steroid dienone is 6. The first-order chi connectivity index (χ1) is 36.1. The van der Waals surface area contributed by atoms with Gasteiger partial charge in [-0.3, -0.25) is 19.2 Å². The number of hydrogen-bond donors (Lipinski definition) is 0. The molecule has 12 heteroatoms. The Morgan fingerprint density at radius 3 is 1.49 bits per heavy atom. The van der Waals surface area contributed by atoms with Crippen LogP contribution in [-0.2, 0) is 33.4 Å². The standard InChI is InChI=1S/C22H28O3.C21H18BrClO3.C21H19ClO3/c1-15(2)17-9-5-6-10-18(17)21-19(24)13-22(11-7-4-8-12-22)14-20(21)25-16(3)23;1-21(2)11-17(24)19(15-5-3-4-6-16(15)22)18(12-21)26-20(25)13-7-9-14(23)10-8-13;1-21(2)12-17(23)19(15-10-6-7-11-16(15)22)18(13-21)25-20(24)14-8-4-3-5-9-14/h5-6,9-10,15H,4,7-8,11-14H2,1-3H3;3-10H,11-12H2,1-2H3;3-11H,12-13H2,1-2H3. The summed E-state index contributed by atoms with van der Waals surface area (Å²) in [5.41, 5.74) is 5.24. The van der Waals surface area contributed by atoms with Gasteiger partial charge in [-0.15, -0.1) is 0 Å². The van der Waals surface area contributed by atoms with Gasteiger partial charge in [-0.05, 0) is 94.7 Å². The normalized spacial score (nSPS) is 17.8. The van der Waals surface area contributed by atoms with Crippen LogP contribution in [0.2, 0.25) is 10.0 Å². The minimum atomic E-state index is -0.494. The Morgan fingerprint density at radius 1 is 0.500 bits per heavy atom. The summed E-state index contributed by atoms with van der Waals surface area (Å²) in [6.07, 6.45) is 8.78. The molecular formula is C64H65BrCl2O9. The van der Waals surface area contributed by atoms with E-state index >= 15 is 0 Å². The summed E-state index contributed by atoms with van der Waals surface area (Å²) in [6, 6.07) is 37.9. The van der Waals surface area contributed by atoms with E-state index in [9.17, 15) is 28.8 Å². The summed E-state index contributed by atoms with van der Waals surface area (Å²) < 4.78 is 17.8. The first kappa shape index (κ1) is 57.5. The van der Waals surface area contributed by atoms with Crippen molar-refractivity contribution < 1.29 is 43.0 Å². The number of halogens is 3. The zero-order valence-corrected chi connectivity index (χ0v) is 47.4. The van der Waals surface area contributed by atoms with E-state index in [-0.39, 0.29) is 39.6 Å².